The molecule has 1 saturated carbocycles. The first-order chi connectivity index (χ1) is 15.6. The number of aliphatic hydroxyl groups is 1. The summed E-state index contributed by atoms with van der Waals surface area (Å²) in [7, 11) is 0. The SMILES string of the molecule is O=C1C(=O)N(C2CCCCC2)C(c2ccc(F)cc2)/C1=C(/O)c1cccc2ccccc12. The first-order valence-electron chi connectivity index (χ1n) is 11.1. The van der Waals surface area contributed by atoms with Crippen molar-refractivity contribution in [3.8, 4) is 0 Å². The number of Topliss-reactive ketones (excluding diaryl/α,β-unsaturated/α-hetero) is 1. The Labute approximate surface area is 186 Å². The van der Waals surface area contributed by atoms with Gasteiger partial charge in [0.15, 0.2) is 0 Å². The highest BCUT2D eigenvalue weighted by Gasteiger charge is 2.48. The van der Waals surface area contributed by atoms with Crippen LogP contribution in [-0.4, -0.2) is 27.7 Å². The molecule has 1 heterocycles. The number of ketones is 1. The number of fused-ring (bicyclic) bond motifs is 1. The summed E-state index contributed by atoms with van der Waals surface area (Å²) in [5, 5.41) is 13.1. The molecule has 4 nitrogen and oxygen atoms in total. The highest BCUT2D eigenvalue weighted by atomic mass is 19.1. The van der Waals surface area contributed by atoms with Gasteiger partial charge in [-0.2, -0.15) is 0 Å². The van der Waals surface area contributed by atoms with E-state index < -0.39 is 23.5 Å². The van der Waals surface area contributed by atoms with E-state index in [1.807, 2.05) is 36.4 Å². The number of carbonyl (C=O) groups excluding carboxylic acids is 2. The number of hydrogen-bond acceptors (Lipinski definition) is 3. The quantitative estimate of drug-likeness (QED) is 0.328. The lowest BCUT2D eigenvalue weighted by molar-refractivity contribution is -0.141. The van der Waals surface area contributed by atoms with Crippen molar-refractivity contribution in [2.24, 2.45) is 0 Å². The van der Waals surface area contributed by atoms with E-state index in [1.165, 1.54) is 12.1 Å². The maximum atomic E-state index is 13.7. The van der Waals surface area contributed by atoms with E-state index in [0.717, 1.165) is 42.9 Å². The number of aliphatic hydroxyl groups excluding tert-OH is 1. The molecule has 2 fully saturated rings. The minimum atomic E-state index is -0.738. The normalized spacial score (nSPS) is 21.4. The van der Waals surface area contributed by atoms with Crippen molar-refractivity contribution in [1.29, 1.82) is 0 Å². The van der Waals surface area contributed by atoms with Crippen LogP contribution < -0.4 is 0 Å². The van der Waals surface area contributed by atoms with E-state index in [-0.39, 0.29) is 17.4 Å². The smallest absolute Gasteiger partial charge is 0.295 e. The third kappa shape index (κ3) is 3.38. The molecule has 0 bridgehead atoms. The molecule has 5 heteroatoms. The van der Waals surface area contributed by atoms with Crippen LogP contribution in [0.1, 0.15) is 49.3 Å². The fourth-order valence-electron chi connectivity index (χ4n) is 5.14. The van der Waals surface area contributed by atoms with Gasteiger partial charge in [-0.15, -0.1) is 0 Å². The van der Waals surface area contributed by atoms with Crippen molar-refractivity contribution in [3.63, 3.8) is 0 Å². The molecule has 0 radical (unpaired) electrons. The fraction of sp³-hybridized carbons (Fsp3) is 0.259. The molecule has 1 saturated heterocycles. The molecular weight excluding hydrogens is 405 g/mol. The van der Waals surface area contributed by atoms with Crippen molar-refractivity contribution in [1.82, 2.24) is 4.90 Å². The van der Waals surface area contributed by atoms with Gasteiger partial charge in [0, 0.05) is 11.6 Å². The van der Waals surface area contributed by atoms with Crippen molar-refractivity contribution in [2.45, 2.75) is 44.2 Å². The molecular formula is C27H24FNO3. The Kier molecular flexibility index (Phi) is 5.25. The van der Waals surface area contributed by atoms with E-state index in [4.69, 9.17) is 0 Å². The van der Waals surface area contributed by atoms with Gasteiger partial charge >= 0.3 is 0 Å². The van der Waals surface area contributed by atoms with E-state index >= 15 is 0 Å². The van der Waals surface area contributed by atoms with Gasteiger partial charge < -0.3 is 10.0 Å². The Balaban J connectivity index is 1.72. The number of hydrogen-bond donors (Lipinski definition) is 1. The van der Waals surface area contributed by atoms with Crippen molar-refractivity contribution >= 4 is 28.2 Å². The molecule has 1 N–H and O–H groups in total. The zero-order valence-corrected chi connectivity index (χ0v) is 17.6. The molecule has 1 atom stereocenters. The van der Waals surface area contributed by atoms with E-state index in [9.17, 15) is 19.1 Å². The second-order valence-electron chi connectivity index (χ2n) is 8.58. The molecule has 1 aliphatic carbocycles. The summed E-state index contributed by atoms with van der Waals surface area (Å²) in [5.41, 5.74) is 1.21. The van der Waals surface area contributed by atoms with Gasteiger partial charge in [-0.25, -0.2) is 4.39 Å². The second-order valence-corrected chi connectivity index (χ2v) is 8.58. The Morgan fingerprint density at radius 3 is 2.31 bits per heavy atom. The lowest BCUT2D eigenvalue weighted by Gasteiger charge is -2.35. The number of rotatable bonds is 3. The van der Waals surface area contributed by atoms with Crippen LogP contribution in [0, 0.1) is 5.82 Å². The summed E-state index contributed by atoms with van der Waals surface area (Å²) in [6, 6.07) is 18.1. The number of nitrogens with zero attached hydrogens (tertiary/aromatic N) is 1. The molecule has 0 spiro atoms. The Morgan fingerprint density at radius 2 is 1.56 bits per heavy atom. The summed E-state index contributed by atoms with van der Waals surface area (Å²) in [6.07, 6.45) is 4.73. The molecule has 3 aromatic carbocycles. The average Bonchev–Trinajstić information content (AvgIpc) is 3.09. The molecule has 2 aliphatic rings. The van der Waals surface area contributed by atoms with Crippen LogP contribution in [-0.2, 0) is 9.59 Å². The summed E-state index contributed by atoms with van der Waals surface area (Å²) >= 11 is 0. The maximum Gasteiger partial charge on any atom is 0.295 e. The summed E-state index contributed by atoms with van der Waals surface area (Å²) in [4.78, 5) is 28.1. The summed E-state index contributed by atoms with van der Waals surface area (Å²) in [5.74, 6) is -1.85. The number of carbonyl (C=O) groups is 2. The highest BCUT2D eigenvalue weighted by Crippen LogP contribution is 2.43. The molecule has 32 heavy (non-hydrogen) atoms. The molecule has 0 aromatic heterocycles. The topological polar surface area (TPSA) is 57.6 Å². The van der Waals surface area contributed by atoms with Crippen molar-refractivity contribution in [2.75, 3.05) is 0 Å². The summed E-state index contributed by atoms with van der Waals surface area (Å²) < 4.78 is 13.7. The van der Waals surface area contributed by atoms with Crippen LogP contribution in [0.5, 0.6) is 0 Å². The van der Waals surface area contributed by atoms with Gasteiger partial charge in [0.05, 0.1) is 11.6 Å². The van der Waals surface area contributed by atoms with Gasteiger partial charge in [-0.3, -0.25) is 9.59 Å². The minimum absolute atomic E-state index is 0.0727. The number of halogens is 1. The van der Waals surface area contributed by atoms with Crippen LogP contribution >= 0.6 is 0 Å². The third-order valence-corrected chi connectivity index (χ3v) is 6.68. The molecule has 1 amide bonds. The van der Waals surface area contributed by atoms with Gasteiger partial charge in [-0.05, 0) is 41.3 Å². The van der Waals surface area contributed by atoms with Crippen LogP contribution in [0.4, 0.5) is 4.39 Å². The van der Waals surface area contributed by atoms with Gasteiger partial charge in [0.2, 0.25) is 0 Å². The number of benzene rings is 3. The first kappa shape index (κ1) is 20.4. The van der Waals surface area contributed by atoms with Gasteiger partial charge in [0.25, 0.3) is 11.7 Å². The molecule has 162 valence electrons. The van der Waals surface area contributed by atoms with E-state index in [0.29, 0.717) is 11.1 Å². The monoisotopic (exact) mass is 429 g/mol. The van der Waals surface area contributed by atoms with Crippen LogP contribution in [0.3, 0.4) is 0 Å². The number of likely N-dealkylation sites (tertiary alicyclic amines) is 1. The fourth-order valence-corrected chi connectivity index (χ4v) is 5.14. The van der Waals surface area contributed by atoms with Crippen LogP contribution in [0.15, 0.2) is 72.3 Å². The Hall–Kier alpha value is -3.47. The minimum Gasteiger partial charge on any atom is -0.507 e. The van der Waals surface area contributed by atoms with Crippen molar-refractivity contribution in [3.05, 3.63) is 89.2 Å². The lowest BCUT2D eigenvalue weighted by atomic mass is 9.90. The number of amides is 1. The van der Waals surface area contributed by atoms with E-state index in [1.54, 1.807) is 23.1 Å². The largest absolute Gasteiger partial charge is 0.507 e. The first-order valence-corrected chi connectivity index (χ1v) is 11.1. The summed E-state index contributed by atoms with van der Waals surface area (Å²) in [6.45, 7) is 0. The average molecular weight is 429 g/mol. The van der Waals surface area contributed by atoms with Crippen molar-refractivity contribution < 1.29 is 19.1 Å². The molecule has 1 unspecified atom stereocenters. The second kappa shape index (κ2) is 8.23. The molecule has 1 aliphatic heterocycles. The zero-order chi connectivity index (χ0) is 22.2. The molecule has 5 rings (SSSR count). The lowest BCUT2D eigenvalue weighted by Crippen LogP contribution is -2.40. The Bertz CT molecular complexity index is 1220. The van der Waals surface area contributed by atoms with Gasteiger partial charge in [-0.1, -0.05) is 73.9 Å². The maximum absolute atomic E-state index is 13.7. The zero-order valence-electron chi connectivity index (χ0n) is 17.6. The van der Waals surface area contributed by atoms with E-state index in [2.05, 4.69) is 0 Å². The standard InChI is InChI=1S/C27H24FNO3/c28-19-15-13-18(14-16-19)24-23(26(31)27(32)29(24)20-9-2-1-3-10-20)25(30)22-12-6-8-17-7-4-5-11-21(17)22/h4-8,11-16,20,24,30H,1-3,9-10H2/b25-23-. The highest BCUT2D eigenvalue weighted by molar-refractivity contribution is 6.46. The predicted molar refractivity (Wildman–Crippen MR) is 121 cm³/mol. The predicted octanol–water partition coefficient (Wildman–Crippen LogP) is 5.73. The van der Waals surface area contributed by atoms with Gasteiger partial charge in [0.1, 0.15) is 11.6 Å². The molecule has 3 aromatic rings. The Morgan fingerprint density at radius 1 is 0.875 bits per heavy atom. The van der Waals surface area contributed by atoms with Crippen LogP contribution in [0.2, 0.25) is 0 Å². The third-order valence-electron chi connectivity index (χ3n) is 6.68. The van der Waals surface area contributed by atoms with Crippen LogP contribution in [0.25, 0.3) is 16.5 Å².